The first-order valence-corrected chi connectivity index (χ1v) is 9.45. The molecule has 0 spiro atoms. The predicted molar refractivity (Wildman–Crippen MR) is 91.0 cm³/mol. The highest BCUT2D eigenvalue weighted by Gasteiger charge is 2.67. The van der Waals surface area contributed by atoms with E-state index in [1.54, 1.807) is 6.07 Å². The number of hydrogen-bond donors (Lipinski definition) is 3. The Bertz CT molecular complexity index is 673. The number of aromatic hydroxyl groups is 1. The van der Waals surface area contributed by atoms with Gasteiger partial charge in [0, 0.05) is 24.6 Å². The van der Waals surface area contributed by atoms with Crippen LogP contribution in [0.3, 0.4) is 0 Å². The number of nitrogens with zero attached hydrogens (tertiary/aromatic N) is 1. The fourth-order valence-electron chi connectivity index (χ4n) is 6.09. The summed E-state index contributed by atoms with van der Waals surface area (Å²) >= 11 is 0. The molecule has 3 fully saturated rings. The molecule has 1 aliphatic heterocycles. The van der Waals surface area contributed by atoms with Gasteiger partial charge in [-0.05, 0) is 80.2 Å². The second kappa shape index (κ2) is 4.96. The first-order chi connectivity index (χ1) is 11.6. The summed E-state index contributed by atoms with van der Waals surface area (Å²) in [5, 5.41) is 31.7. The number of benzene rings is 1. The molecule has 24 heavy (non-hydrogen) atoms. The van der Waals surface area contributed by atoms with Crippen molar-refractivity contribution < 1.29 is 15.3 Å². The van der Waals surface area contributed by atoms with Crippen molar-refractivity contribution in [1.29, 1.82) is 0 Å². The van der Waals surface area contributed by atoms with Gasteiger partial charge in [0.05, 0.1) is 5.60 Å². The number of hydrogen-bond acceptors (Lipinski definition) is 4. The summed E-state index contributed by atoms with van der Waals surface area (Å²) in [7, 11) is 0. The van der Waals surface area contributed by atoms with Crippen LogP contribution in [0.15, 0.2) is 18.2 Å². The van der Waals surface area contributed by atoms with Gasteiger partial charge in [0.25, 0.3) is 0 Å². The van der Waals surface area contributed by atoms with E-state index in [2.05, 4.69) is 4.90 Å². The van der Waals surface area contributed by atoms with Gasteiger partial charge >= 0.3 is 0 Å². The average molecular weight is 329 g/mol. The summed E-state index contributed by atoms with van der Waals surface area (Å²) in [5.41, 5.74) is 1.36. The second-order valence-electron chi connectivity index (χ2n) is 8.71. The predicted octanol–water partition coefficient (Wildman–Crippen LogP) is 1.80. The molecule has 0 aromatic heterocycles. The molecule has 1 heterocycles. The van der Waals surface area contributed by atoms with E-state index in [4.69, 9.17) is 0 Å². The zero-order chi connectivity index (χ0) is 16.5. The van der Waals surface area contributed by atoms with Crippen LogP contribution in [0, 0.1) is 11.8 Å². The van der Waals surface area contributed by atoms with Gasteiger partial charge in [0.2, 0.25) is 0 Å². The molecule has 130 valence electrons. The SMILES string of the molecule is OCC1CC23CCN(CC4CC4)C(Cc4ccc(O)cc42)C3(O)C1. The van der Waals surface area contributed by atoms with Crippen LogP contribution in [0.1, 0.15) is 43.2 Å². The Morgan fingerprint density at radius 2 is 2.00 bits per heavy atom. The number of likely N-dealkylation sites (tertiary alicyclic amines) is 1. The zero-order valence-electron chi connectivity index (χ0n) is 14.1. The lowest BCUT2D eigenvalue weighted by Crippen LogP contribution is -2.69. The number of fused-ring (bicyclic) bond motifs is 1. The third-order valence-corrected chi connectivity index (χ3v) is 7.35. The maximum absolute atomic E-state index is 11.9. The first kappa shape index (κ1) is 15.2. The smallest absolute Gasteiger partial charge is 0.115 e. The van der Waals surface area contributed by atoms with Crippen LogP contribution in [-0.4, -0.2) is 51.6 Å². The molecule has 1 aromatic rings. The van der Waals surface area contributed by atoms with Gasteiger partial charge in [-0.15, -0.1) is 0 Å². The maximum Gasteiger partial charge on any atom is 0.115 e. The van der Waals surface area contributed by atoms with Crippen LogP contribution in [-0.2, 0) is 11.8 Å². The Morgan fingerprint density at radius 3 is 2.75 bits per heavy atom. The van der Waals surface area contributed by atoms with Crippen LogP contribution >= 0.6 is 0 Å². The molecule has 2 bridgehead atoms. The van der Waals surface area contributed by atoms with Crippen molar-refractivity contribution in [3.8, 4) is 5.75 Å². The Balaban J connectivity index is 1.63. The summed E-state index contributed by atoms with van der Waals surface area (Å²) in [6, 6.07) is 5.86. The number of aliphatic hydroxyl groups is 2. The van der Waals surface area contributed by atoms with Crippen molar-refractivity contribution in [3.63, 3.8) is 0 Å². The number of rotatable bonds is 3. The Kier molecular flexibility index (Phi) is 3.14. The molecule has 4 aliphatic rings. The van der Waals surface area contributed by atoms with Crippen LogP contribution in [0.2, 0.25) is 0 Å². The number of piperidine rings is 1. The third-order valence-electron chi connectivity index (χ3n) is 7.35. The van der Waals surface area contributed by atoms with Crippen molar-refractivity contribution in [3.05, 3.63) is 29.3 Å². The van der Waals surface area contributed by atoms with Crippen LogP contribution in [0.4, 0.5) is 0 Å². The van der Waals surface area contributed by atoms with Crippen molar-refractivity contribution in [2.45, 2.75) is 55.6 Å². The topological polar surface area (TPSA) is 63.9 Å². The number of phenols is 1. The highest BCUT2D eigenvalue weighted by Crippen LogP contribution is 2.61. The van der Waals surface area contributed by atoms with Crippen molar-refractivity contribution in [2.24, 2.45) is 11.8 Å². The molecule has 3 aliphatic carbocycles. The third kappa shape index (κ3) is 1.91. The van der Waals surface area contributed by atoms with E-state index in [1.807, 2.05) is 12.1 Å². The Hall–Kier alpha value is -1.10. The molecule has 1 saturated heterocycles. The van der Waals surface area contributed by atoms with Gasteiger partial charge in [0.15, 0.2) is 0 Å². The van der Waals surface area contributed by atoms with Gasteiger partial charge in [-0.25, -0.2) is 0 Å². The molecule has 4 atom stereocenters. The molecule has 4 nitrogen and oxygen atoms in total. The standard InChI is InChI=1S/C20H27NO3/c22-12-14-9-19-5-6-21(11-13-1-2-13)18(20(19,24)10-14)7-15-3-4-16(23)8-17(15)19/h3-4,8,13-14,18,22-24H,1-2,5-7,9-12H2. The summed E-state index contributed by atoms with van der Waals surface area (Å²) in [5.74, 6) is 1.26. The van der Waals surface area contributed by atoms with Crippen molar-refractivity contribution in [2.75, 3.05) is 19.7 Å². The highest BCUT2D eigenvalue weighted by molar-refractivity contribution is 5.49. The molecule has 5 rings (SSSR count). The van der Waals surface area contributed by atoms with Crippen LogP contribution in [0.5, 0.6) is 5.75 Å². The van der Waals surface area contributed by atoms with E-state index in [1.165, 1.54) is 18.4 Å². The van der Waals surface area contributed by atoms with Gasteiger partial charge in [-0.3, -0.25) is 4.90 Å². The average Bonchev–Trinajstić information content (AvgIpc) is 3.31. The zero-order valence-corrected chi connectivity index (χ0v) is 14.1. The fourth-order valence-corrected chi connectivity index (χ4v) is 6.09. The minimum absolute atomic E-state index is 0.146. The van der Waals surface area contributed by atoms with Gasteiger partial charge in [-0.2, -0.15) is 0 Å². The van der Waals surface area contributed by atoms with E-state index >= 15 is 0 Å². The van der Waals surface area contributed by atoms with Gasteiger partial charge < -0.3 is 15.3 Å². The second-order valence-corrected chi connectivity index (χ2v) is 8.71. The van der Waals surface area contributed by atoms with Crippen LogP contribution < -0.4 is 0 Å². The van der Waals surface area contributed by atoms with E-state index < -0.39 is 5.60 Å². The van der Waals surface area contributed by atoms with E-state index in [-0.39, 0.29) is 29.7 Å². The lowest BCUT2D eigenvalue weighted by Gasteiger charge is -2.59. The van der Waals surface area contributed by atoms with Crippen LogP contribution in [0.25, 0.3) is 0 Å². The minimum atomic E-state index is -0.770. The van der Waals surface area contributed by atoms with Crippen molar-refractivity contribution >= 4 is 0 Å². The molecular weight excluding hydrogens is 302 g/mol. The van der Waals surface area contributed by atoms with E-state index in [0.717, 1.165) is 43.8 Å². The maximum atomic E-state index is 11.9. The Labute approximate surface area is 143 Å². The molecule has 1 aromatic carbocycles. The summed E-state index contributed by atoms with van der Waals surface area (Å²) in [6.45, 7) is 2.28. The van der Waals surface area contributed by atoms with Crippen molar-refractivity contribution in [1.82, 2.24) is 4.90 Å². The lowest BCUT2D eigenvalue weighted by molar-refractivity contribution is -0.131. The number of aliphatic hydroxyl groups excluding tert-OH is 1. The molecule has 4 unspecified atom stereocenters. The van der Waals surface area contributed by atoms with Gasteiger partial charge in [0.1, 0.15) is 5.75 Å². The van der Waals surface area contributed by atoms with E-state index in [0.29, 0.717) is 6.42 Å². The largest absolute Gasteiger partial charge is 0.508 e. The minimum Gasteiger partial charge on any atom is -0.508 e. The summed E-state index contributed by atoms with van der Waals surface area (Å²) in [4.78, 5) is 2.53. The molecule has 3 N–H and O–H groups in total. The fraction of sp³-hybridized carbons (Fsp3) is 0.700. The summed E-state index contributed by atoms with van der Waals surface area (Å²) in [6.07, 6.45) is 5.97. The van der Waals surface area contributed by atoms with Gasteiger partial charge in [-0.1, -0.05) is 6.07 Å². The number of phenolic OH excluding ortho intramolecular Hbond substituents is 1. The quantitative estimate of drug-likeness (QED) is 0.791. The molecule has 0 amide bonds. The molecule has 4 heteroatoms. The lowest BCUT2D eigenvalue weighted by atomic mass is 9.56. The van der Waals surface area contributed by atoms with E-state index in [9.17, 15) is 15.3 Å². The Morgan fingerprint density at radius 1 is 1.17 bits per heavy atom. The molecular formula is C20H27NO3. The summed E-state index contributed by atoms with van der Waals surface area (Å²) < 4.78 is 0. The molecule has 2 saturated carbocycles. The first-order valence-electron chi connectivity index (χ1n) is 9.45. The normalized spacial score (nSPS) is 41.1. The highest BCUT2D eigenvalue weighted by atomic mass is 16.3. The molecule has 0 radical (unpaired) electrons. The monoisotopic (exact) mass is 329 g/mol.